The number of halogens is 2. The number of hydrogen-bond donors (Lipinski definition) is 2. The number of pyridine rings is 1. The highest BCUT2D eigenvalue weighted by Crippen LogP contribution is 2.29. The molecule has 1 unspecified atom stereocenters. The number of nitrogens with two attached hydrogens (primary N) is 1. The summed E-state index contributed by atoms with van der Waals surface area (Å²) in [5, 5.41) is 2.66. The molecule has 0 saturated carbocycles. The first kappa shape index (κ1) is 21.9. The van der Waals surface area contributed by atoms with Crippen LogP contribution in [0.25, 0.3) is 0 Å². The molecule has 1 aromatic heterocycles. The Kier molecular flexibility index (Phi) is 5.99. The molecule has 8 nitrogen and oxygen atoms in total. The third-order valence-electron chi connectivity index (χ3n) is 5.04. The Morgan fingerprint density at radius 3 is 2.64 bits per heavy atom. The molecule has 2 aromatic carbocycles. The van der Waals surface area contributed by atoms with Gasteiger partial charge in [0.1, 0.15) is 17.4 Å². The molecule has 0 aliphatic carbocycles. The molecular formula is C23H18F2N4O4. The molecular weight excluding hydrogens is 434 g/mol. The molecule has 1 saturated heterocycles. The van der Waals surface area contributed by atoms with E-state index >= 15 is 0 Å². The zero-order chi connectivity index (χ0) is 23.5. The van der Waals surface area contributed by atoms with Crippen LogP contribution in [0.5, 0.6) is 11.6 Å². The summed E-state index contributed by atoms with van der Waals surface area (Å²) in [7, 11) is 0. The standard InChI is InChI=1S/C23H18F2N4O4/c24-15-4-6-19(18(25)10-15)29-12-14(9-21(29)30)23(32)28-16-5-7-20(27-11-16)33-17-3-1-2-13(8-17)22(26)31/h1-8,10-11,14H,9,12H2,(H2,26,31)(H,28,32). The smallest absolute Gasteiger partial charge is 0.248 e. The minimum absolute atomic E-state index is 0.0297. The second kappa shape index (κ2) is 9.03. The average Bonchev–Trinajstić information content (AvgIpc) is 3.17. The van der Waals surface area contributed by atoms with Crippen molar-refractivity contribution in [3.8, 4) is 11.6 Å². The number of rotatable bonds is 6. The lowest BCUT2D eigenvalue weighted by molar-refractivity contribution is -0.122. The van der Waals surface area contributed by atoms with Crippen LogP contribution in [-0.2, 0) is 9.59 Å². The van der Waals surface area contributed by atoms with Gasteiger partial charge in [-0.1, -0.05) is 6.07 Å². The van der Waals surface area contributed by atoms with Gasteiger partial charge in [0.2, 0.25) is 23.6 Å². The van der Waals surface area contributed by atoms with Crippen molar-refractivity contribution in [3.63, 3.8) is 0 Å². The van der Waals surface area contributed by atoms with Gasteiger partial charge < -0.3 is 20.7 Å². The number of benzene rings is 2. The highest BCUT2D eigenvalue weighted by molar-refractivity contribution is 6.03. The number of nitrogens with zero attached hydrogens (tertiary/aromatic N) is 2. The molecule has 3 amide bonds. The lowest BCUT2D eigenvalue weighted by Crippen LogP contribution is -2.28. The Balaban J connectivity index is 1.38. The molecule has 0 spiro atoms. The highest BCUT2D eigenvalue weighted by atomic mass is 19.1. The van der Waals surface area contributed by atoms with E-state index in [2.05, 4.69) is 10.3 Å². The number of anilines is 2. The summed E-state index contributed by atoms with van der Waals surface area (Å²) in [6.07, 6.45) is 1.27. The van der Waals surface area contributed by atoms with Crippen molar-refractivity contribution in [3.05, 3.63) is 78.0 Å². The summed E-state index contributed by atoms with van der Waals surface area (Å²) in [4.78, 5) is 41.4. The average molecular weight is 452 g/mol. The van der Waals surface area contributed by atoms with E-state index < -0.39 is 35.3 Å². The molecule has 1 aliphatic rings. The molecule has 33 heavy (non-hydrogen) atoms. The third-order valence-corrected chi connectivity index (χ3v) is 5.04. The van der Waals surface area contributed by atoms with E-state index in [0.717, 1.165) is 11.0 Å². The summed E-state index contributed by atoms with van der Waals surface area (Å²) in [6, 6.07) is 12.3. The largest absolute Gasteiger partial charge is 0.439 e. The normalized spacial score (nSPS) is 15.4. The fraction of sp³-hybridized carbons (Fsp3) is 0.130. The summed E-state index contributed by atoms with van der Waals surface area (Å²) in [6.45, 7) is -0.0297. The number of carbonyl (C=O) groups excluding carboxylic acids is 3. The Morgan fingerprint density at radius 1 is 1.12 bits per heavy atom. The third kappa shape index (κ3) is 4.95. The van der Waals surface area contributed by atoms with Crippen LogP contribution in [0.4, 0.5) is 20.2 Å². The van der Waals surface area contributed by atoms with Gasteiger partial charge in [0.25, 0.3) is 0 Å². The van der Waals surface area contributed by atoms with Crippen molar-refractivity contribution in [2.24, 2.45) is 11.7 Å². The van der Waals surface area contributed by atoms with Crippen molar-refractivity contribution < 1.29 is 27.9 Å². The van der Waals surface area contributed by atoms with E-state index in [1.807, 2.05) is 0 Å². The van der Waals surface area contributed by atoms with Crippen LogP contribution >= 0.6 is 0 Å². The number of primary amides is 1. The van der Waals surface area contributed by atoms with E-state index in [-0.39, 0.29) is 30.1 Å². The van der Waals surface area contributed by atoms with Crippen LogP contribution in [0.15, 0.2) is 60.8 Å². The highest BCUT2D eigenvalue weighted by Gasteiger charge is 2.36. The topological polar surface area (TPSA) is 115 Å². The fourth-order valence-electron chi connectivity index (χ4n) is 3.41. The van der Waals surface area contributed by atoms with E-state index in [0.29, 0.717) is 17.5 Å². The fourth-order valence-corrected chi connectivity index (χ4v) is 3.41. The van der Waals surface area contributed by atoms with Gasteiger partial charge in [0.05, 0.1) is 23.5 Å². The Hall–Kier alpha value is -4.34. The van der Waals surface area contributed by atoms with E-state index in [1.54, 1.807) is 24.3 Å². The number of carbonyl (C=O) groups is 3. The van der Waals surface area contributed by atoms with E-state index in [9.17, 15) is 23.2 Å². The van der Waals surface area contributed by atoms with Gasteiger partial charge in [-0.3, -0.25) is 14.4 Å². The molecule has 3 N–H and O–H groups in total. The van der Waals surface area contributed by atoms with Crippen LogP contribution in [0, 0.1) is 17.6 Å². The monoisotopic (exact) mass is 452 g/mol. The zero-order valence-corrected chi connectivity index (χ0v) is 17.1. The molecule has 10 heteroatoms. The maximum Gasteiger partial charge on any atom is 0.248 e. The maximum absolute atomic E-state index is 14.0. The number of hydrogen-bond acceptors (Lipinski definition) is 5. The van der Waals surface area contributed by atoms with Crippen molar-refractivity contribution >= 4 is 29.1 Å². The van der Waals surface area contributed by atoms with Crippen LogP contribution in [0.2, 0.25) is 0 Å². The maximum atomic E-state index is 14.0. The lowest BCUT2D eigenvalue weighted by atomic mass is 10.1. The molecule has 2 heterocycles. The predicted molar refractivity (Wildman–Crippen MR) is 115 cm³/mol. The van der Waals surface area contributed by atoms with Gasteiger partial charge in [-0.15, -0.1) is 0 Å². The van der Waals surface area contributed by atoms with E-state index in [1.165, 1.54) is 24.4 Å². The Labute approximate surface area is 187 Å². The van der Waals surface area contributed by atoms with E-state index in [4.69, 9.17) is 10.5 Å². The summed E-state index contributed by atoms with van der Waals surface area (Å²) in [5.41, 5.74) is 5.84. The minimum Gasteiger partial charge on any atom is -0.439 e. The van der Waals surface area contributed by atoms with Crippen molar-refractivity contribution in [1.29, 1.82) is 0 Å². The van der Waals surface area contributed by atoms with Crippen molar-refractivity contribution in [2.75, 3.05) is 16.8 Å². The van der Waals surface area contributed by atoms with Crippen molar-refractivity contribution in [2.45, 2.75) is 6.42 Å². The van der Waals surface area contributed by atoms with Crippen LogP contribution in [0.1, 0.15) is 16.8 Å². The molecule has 3 aromatic rings. The Bertz CT molecular complexity index is 1230. The molecule has 168 valence electrons. The SMILES string of the molecule is NC(=O)c1cccc(Oc2ccc(NC(=O)C3CC(=O)N(c4ccc(F)cc4F)C3)cn2)c1. The molecule has 1 aliphatic heterocycles. The number of nitrogens with one attached hydrogen (secondary N) is 1. The summed E-state index contributed by atoms with van der Waals surface area (Å²) >= 11 is 0. The van der Waals surface area contributed by atoms with Gasteiger partial charge >= 0.3 is 0 Å². The molecule has 0 bridgehead atoms. The first-order chi connectivity index (χ1) is 15.8. The van der Waals surface area contributed by atoms with Gasteiger partial charge in [0.15, 0.2) is 0 Å². The van der Waals surface area contributed by atoms with Gasteiger partial charge in [-0.2, -0.15) is 0 Å². The van der Waals surface area contributed by atoms with Crippen LogP contribution in [-0.4, -0.2) is 29.3 Å². The van der Waals surface area contributed by atoms with Gasteiger partial charge in [-0.25, -0.2) is 13.8 Å². The number of ether oxygens (including phenoxy) is 1. The molecule has 1 atom stereocenters. The minimum atomic E-state index is -0.870. The zero-order valence-electron chi connectivity index (χ0n) is 17.1. The molecule has 1 fully saturated rings. The molecule has 4 rings (SSSR count). The second-order valence-corrected chi connectivity index (χ2v) is 7.37. The summed E-state index contributed by atoms with van der Waals surface area (Å²) < 4.78 is 32.7. The first-order valence-corrected chi connectivity index (χ1v) is 9.90. The predicted octanol–water partition coefficient (Wildman–Crippen LogP) is 3.24. The lowest BCUT2D eigenvalue weighted by Gasteiger charge is -2.17. The quantitative estimate of drug-likeness (QED) is 0.596. The summed E-state index contributed by atoms with van der Waals surface area (Å²) in [5.74, 6) is -3.19. The molecule has 0 radical (unpaired) electrons. The number of aromatic nitrogens is 1. The Morgan fingerprint density at radius 2 is 1.94 bits per heavy atom. The van der Waals surface area contributed by atoms with Crippen LogP contribution < -0.4 is 20.7 Å². The van der Waals surface area contributed by atoms with Crippen molar-refractivity contribution in [1.82, 2.24) is 4.98 Å². The van der Waals surface area contributed by atoms with Gasteiger partial charge in [-0.05, 0) is 36.4 Å². The van der Waals surface area contributed by atoms with Crippen LogP contribution in [0.3, 0.4) is 0 Å². The first-order valence-electron chi connectivity index (χ1n) is 9.90. The van der Waals surface area contributed by atoms with Gasteiger partial charge in [0, 0.05) is 30.7 Å². The second-order valence-electron chi connectivity index (χ2n) is 7.37. The number of amides is 3.